The van der Waals surface area contributed by atoms with Crippen molar-refractivity contribution in [3.8, 4) is 5.75 Å². The third-order valence-corrected chi connectivity index (χ3v) is 7.89. The molecule has 10 heteroatoms. The Labute approximate surface area is 232 Å². The Morgan fingerprint density at radius 3 is 2.47 bits per heavy atom. The summed E-state index contributed by atoms with van der Waals surface area (Å²) in [5, 5.41) is 9.39. The molecule has 4 heterocycles. The van der Waals surface area contributed by atoms with Gasteiger partial charge in [0.05, 0.1) is 15.8 Å². The van der Waals surface area contributed by atoms with E-state index in [1.54, 1.807) is 13.1 Å². The SMILES string of the molecule is C[C@@H](Oc1cc(C(=N)c2ccc(N3CC(C)(CN4CCCC4)C3)nc2)c(N)cc1F)c1c(Cl)cncc1Cl. The van der Waals surface area contributed by atoms with Crippen LogP contribution in [0.25, 0.3) is 0 Å². The lowest BCUT2D eigenvalue weighted by Gasteiger charge is -2.50. The first kappa shape index (κ1) is 26.7. The topological polar surface area (TPSA) is 91.4 Å². The Hall–Kier alpha value is -2.94. The number of nitrogen functional groups attached to an aromatic ring is 1. The van der Waals surface area contributed by atoms with Crippen LogP contribution in [0.5, 0.6) is 5.75 Å². The summed E-state index contributed by atoms with van der Waals surface area (Å²) in [4.78, 5) is 13.4. The van der Waals surface area contributed by atoms with Gasteiger partial charge in [-0.15, -0.1) is 0 Å². The number of hydrogen-bond acceptors (Lipinski definition) is 7. The molecule has 0 radical (unpaired) electrons. The van der Waals surface area contributed by atoms with E-state index in [1.807, 2.05) is 12.1 Å². The van der Waals surface area contributed by atoms with Gasteiger partial charge in [-0.2, -0.15) is 0 Å². The van der Waals surface area contributed by atoms with Gasteiger partial charge in [0.2, 0.25) is 0 Å². The second kappa shape index (κ2) is 10.7. The molecule has 7 nitrogen and oxygen atoms in total. The van der Waals surface area contributed by atoms with Gasteiger partial charge in [-0.3, -0.25) is 10.4 Å². The number of benzene rings is 1. The molecule has 38 heavy (non-hydrogen) atoms. The van der Waals surface area contributed by atoms with E-state index >= 15 is 0 Å². The molecule has 2 aromatic heterocycles. The molecule has 0 unspecified atom stereocenters. The maximum absolute atomic E-state index is 14.8. The molecule has 2 fully saturated rings. The predicted octanol–water partition coefficient (Wildman–Crippen LogP) is 5.98. The van der Waals surface area contributed by atoms with Gasteiger partial charge in [-0.05, 0) is 51.1 Å². The van der Waals surface area contributed by atoms with Gasteiger partial charge in [0.1, 0.15) is 11.9 Å². The van der Waals surface area contributed by atoms with Crippen LogP contribution in [0.15, 0.2) is 42.9 Å². The van der Waals surface area contributed by atoms with Crippen LogP contribution < -0.4 is 15.4 Å². The Morgan fingerprint density at radius 2 is 1.84 bits per heavy atom. The summed E-state index contributed by atoms with van der Waals surface area (Å²) in [6.45, 7) is 9.49. The number of aromatic nitrogens is 2. The van der Waals surface area contributed by atoms with Crippen molar-refractivity contribution < 1.29 is 9.13 Å². The van der Waals surface area contributed by atoms with Crippen LogP contribution in [0.2, 0.25) is 10.0 Å². The normalized spacial score (nSPS) is 17.8. The molecule has 3 N–H and O–H groups in total. The van der Waals surface area contributed by atoms with Crippen molar-refractivity contribution in [1.82, 2.24) is 14.9 Å². The minimum absolute atomic E-state index is 0.0576. The average Bonchev–Trinajstić information content (AvgIpc) is 3.36. The van der Waals surface area contributed by atoms with Crippen LogP contribution in [0, 0.1) is 16.6 Å². The monoisotopic (exact) mass is 556 g/mol. The van der Waals surface area contributed by atoms with Crippen molar-refractivity contribution in [2.24, 2.45) is 5.41 Å². The van der Waals surface area contributed by atoms with Crippen molar-refractivity contribution in [2.45, 2.75) is 32.8 Å². The Balaban J connectivity index is 1.28. The van der Waals surface area contributed by atoms with E-state index < -0.39 is 11.9 Å². The number of halogens is 3. The van der Waals surface area contributed by atoms with E-state index in [0.29, 0.717) is 26.7 Å². The maximum atomic E-state index is 14.8. The number of nitrogens with one attached hydrogen (secondary N) is 1. The summed E-state index contributed by atoms with van der Waals surface area (Å²) in [6, 6.07) is 6.36. The molecule has 2 aliphatic heterocycles. The van der Waals surface area contributed by atoms with E-state index in [9.17, 15) is 4.39 Å². The minimum Gasteiger partial charge on any atom is -0.483 e. The molecule has 1 aromatic carbocycles. The highest BCUT2D eigenvalue weighted by atomic mass is 35.5. The highest BCUT2D eigenvalue weighted by Gasteiger charge is 2.41. The number of likely N-dealkylation sites (tertiary alicyclic amines) is 1. The number of anilines is 2. The second-order valence-corrected chi connectivity index (χ2v) is 11.4. The van der Waals surface area contributed by atoms with E-state index in [2.05, 4.69) is 26.7 Å². The van der Waals surface area contributed by atoms with Crippen LogP contribution in [-0.4, -0.2) is 53.3 Å². The number of pyridine rings is 2. The molecule has 0 spiro atoms. The van der Waals surface area contributed by atoms with Crippen LogP contribution in [-0.2, 0) is 0 Å². The summed E-state index contributed by atoms with van der Waals surface area (Å²) >= 11 is 12.5. The zero-order valence-electron chi connectivity index (χ0n) is 21.5. The molecule has 2 aliphatic rings. The lowest BCUT2D eigenvalue weighted by Crippen LogP contribution is -2.59. The first-order chi connectivity index (χ1) is 18.1. The first-order valence-corrected chi connectivity index (χ1v) is 13.5. The molecule has 200 valence electrons. The summed E-state index contributed by atoms with van der Waals surface area (Å²) in [5.74, 6) is 0.185. The van der Waals surface area contributed by atoms with Crippen LogP contribution in [0.1, 0.15) is 49.5 Å². The van der Waals surface area contributed by atoms with Gasteiger partial charge in [0.15, 0.2) is 11.6 Å². The number of ether oxygens (including phenoxy) is 1. The average molecular weight is 558 g/mol. The summed E-state index contributed by atoms with van der Waals surface area (Å²) in [6.07, 6.45) is 6.51. The predicted molar refractivity (Wildman–Crippen MR) is 150 cm³/mol. The maximum Gasteiger partial charge on any atom is 0.167 e. The first-order valence-electron chi connectivity index (χ1n) is 12.7. The third kappa shape index (κ3) is 5.44. The quantitative estimate of drug-likeness (QED) is 0.262. The molecular formula is C28H31Cl2FN6O. The van der Waals surface area contributed by atoms with E-state index in [4.69, 9.17) is 39.1 Å². The Morgan fingerprint density at radius 1 is 1.16 bits per heavy atom. The summed E-state index contributed by atoms with van der Waals surface area (Å²) in [5.41, 5.74) is 8.06. The van der Waals surface area contributed by atoms with Crippen LogP contribution in [0.3, 0.4) is 0 Å². The van der Waals surface area contributed by atoms with Gasteiger partial charge < -0.3 is 20.3 Å². The number of rotatable bonds is 8. The lowest BCUT2D eigenvalue weighted by molar-refractivity contribution is 0.151. The van der Waals surface area contributed by atoms with Crippen molar-refractivity contribution in [3.63, 3.8) is 0 Å². The van der Waals surface area contributed by atoms with Gasteiger partial charge >= 0.3 is 0 Å². The molecule has 0 bridgehead atoms. The molecule has 5 rings (SSSR count). The third-order valence-electron chi connectivity index (χ3n) is 7.28. The molecular weight excluding hydrogens is 526 g/mol. The van der Waals surface area contributed by atoms with Crippen molar-refractivity contribution in [1.29, 1.82) is 5.41 Å². The van der Waals surface area contributed by atoms with Gasteiger partial charge in [0, 0.05) is 72.1 Å². The lowest BCUT2D eigenvalue weighted by atomic mass is 9.81. The van der Waals surface area contributed by atoms with E-state index in [-0.39, 0.29) is 22.6 Å². The fourth-order valence-corrected chi connectivity index (χ4v) is 6.10. The smallest absolute Gasteiger partial charge is 0.167 e. The highest BCUT2D eigenvalue weighted by Crippen LogP contribution is 2.36. The van der Waals surface area contributed by atoms with E-state index in [0.717, 1.165) is 31.5 Å². The van der Waals surface area contributed by atoms with Crippen molar-refractivity contribution in [2.75, 3.05) is 43.4 Å². The number of nitrogens with two attached hydrogens (primary N) is 1. The summed E-state index contributed by atoms with van der Waals surface area (Å²) < 4.78 is 20.6. The second-order valence-electron chi connectivity index (χ2n) is 10.6. The molecule has 0 amide bonds. The highest BCUT2D eigenvalue weighted by molar-refractivity contribution is 6.35. The fraction of sp³-hybridized carbons (Fsp3) is 0.393. The largest absolute Gasteiger partial charge is 0.483 e. The standard InChI is InChI=1S/C28H31Cl2FN6O/c1-17(26-20(29)12-34-13-21(26)30)38-24-9-19(23(32)10-22(24)31)27(33)18-5-6-25(35-11-18)37-15-28(2,16-37)14-36-7-3-4-8-36/h5-6,9-13,17,33H,3-4,7-8,14-16,32H2,1-2H3/t17-/m1/s1. The summed E-state index contributed by atoms with van der Waals surface area (Å²) in [7, 11) is 0. The van der Waals surface area contributed by atoms with Crippen molar-refractivity contribution >= 4 is 40.4 Å². The minimum atomic E-state index is -0.660. The van der Waals surface area contributed by atoms with Gasteiger partial charge in [-0.25, -0.2) is 9.37 Å². The molecule has 2 saturated heterocycles. The Bertz CT molecular complexity index is 1320. The molecule has 1 atom stereocenters. The van der Waals surface area contributed by atoms with Gasteiger partial charge in [0.25, 0.3) is 0 Å². The zero-order chi connectivity index (χ0) is 27.0. The van der Waals surface area contributed by atoms with Crippen molar-refractivity contribution in [3.05, 3.63) is 75.4 Å². The van der Waals surface area contributed by atoms with Crippen LogP contribution >= 0.6 is 23.2 Å². The van der Waals surface area contributed by atoms with E-state index in [1.165, 1.54) is 44.4 Å². The van der Waals surface area contributed by atoms with Gasteiger partial charge in [-0.1, -0.05) is 30.1 Å². The number of nitrogens with zero attached hydrogens (tertiary/aromatic N) is 4. The molecule has 0 saturated carbocycles. The van der Waals surface area contributed by atoms with Crippen LogP contribution in [0.4, 0.5) is 15.9 Å². The molecule has 3 aromatic rings. The number of hydrogen-bond donors (Lipinski definition) is 2. The fourth-order valence-electron chi connectivity index (χ4n) is 5.43. The Kier molecular flexibility index (Phi) is 7.49. The molecule has 0 aliphatic carbocycles. The zero-order valence-corrected chi connectivity index (χ0v) is 23.0.